The Balaban J connectivity index is 1.21. The molecule has 1 aromatic carbocycles. The first-order chi connectivity index (χ1) is 17.0. The highest BCUT2D eigenvalue weighted by molar-refractivity contribution is 6.32. The van der Waals surface area contributed by atoms with E-state index in [0.717, 1.165) is 49.6 Å². The van der Waals surface area contributed by atoms with Gasteiger partial charge in [-0.1, -0.05) is 23.2 Å². The number of fused-ring (bicyclic) bond motifs is 1. The maximum atomic E-state index is 15.4. The van der Waals surface area contributed by atoms with Gasteiger partial charge < -0.3 is 5.32 Å². The topological polar surface area (TPSA) is 82.7 Å². The molecule has 1 saturated heterocycles. The summed E-state index contributed by atoms with van der Waals surface area (Å²) in [4.78, 5) is 11.3. The van der Waals surface area contributed by atoms with E-state index in [2.05, 4.69) is 31.4 Å². The van der Waals surface area contributed by atoms with Gasteiger partial charge in [0.05, 0.1) is 29.5 Å². The molecule has 0 amide bonds. The molecule has 3 fully saturated rings. The molecule has 0 radical (unpaired) electrons. The summed E-state index contributed by atoms with van der Waals surface area (Å²) < 4.78 is 17.3. The Labute approximate surface area is 213 Å². The molecule has 0 bridgehead atoms. The summed E-state index contributed by atoms with van der Waals surface area (Å²) in [6, 6.07) is 6.77. The molecule has 35 heavy (non-hydrogen) atoms. The number of hydrogen-bond acceptors (Lipinski definition) is 6. The fourth-order valence-electron chi connectivity index (χ4n) is 5.55. The lowest BCUT2D eigenvalue weighted by Gasteiger charge is -2.38. The van der Waals surface area contributed by atoms with Crippen LogP contribution in [0.5, 0.6) is 0 Å². The van der Waals surface area contributed by atoms with Gasteiger partial charge >= 0.3 is 0 Å². The number of alkyl halides is 1. The summed E-state index contributed by atoms with van der Waals surface area (Å²) in [7, 11) is 0. The number of aromatic nitrogens is 4. The summed E-state index contributed by atoms with van der Waals surface area (Å²) in [5, 5.41) is 18.6. The second kappa shape index (κ2) is 9.20. The first-order valence-electron chi connectivity index (χ1n) is 12.2. The molecule has 2 aliphatic carbocycles. The summed E-state index contributed by atoms with van der Waals surface area (Å²) in [6.45, 7) is 1.18. The minimum Gasteiger partial charge on any atom is -0.320 e. The van der Waals surface area contributed by atoms with Crippen molar-refractivity contribution in [3.05, 3.63) is 40.3 Å². The number of halogens is 3. The van der Waals surface area contributed by atoms with Crippen molar-refractivity contribution in [2.24, 2.45) is 5.92 Å². The monoisotopic (exact) mass is 513 g/mol. The molecule has 3 heterocycles. The maximum absolute atomic E-state index is 15.4. The smallest absolute Gasteiger partial charge is 0.227 e. The molecule has 6 rings (SSSR count). The molecule has 2 aromatic heterocycles. The van der Waals surface area contributed by atoms with Crippen molar-refractivity contribution in [2.45, 2.75) is 62.7 Å². The van der Waals surface area contributed by atoms with Gasteiger partial charge in [0, 0.05) is 41.0 Å². The summed E-state index contributed by atoms with van der Waals surface area (Å²) in [6.07, 6.45) is 7.98. The van der Waals surface area contributed by atoms with Crippen LogP contribution in [0, 0.1) is 17.2 Å². The summed E-state index contributed by atoms with van der Waals surface area (Å²) in [5.74, 6) is 0.225. The van der Waals surface area contributed by atoms with Crippen LogP contribution >= 0.6 is 23.2 Å². The largest absolute Gasteiger partial charge is 0.320 e. The number of nitrogens with one attached hydrogen (secondary N) is 1. The first kappa shape index (κ1) is 23.0. The van der Waals surface area contributed by atoms with Crippen LogP contribution in [0.1, 0.15) is 56.0 Å². The Hall–Kier alpha value is -2.47. The van der Waals surface area contributed by atoms with E-state index in [9.17, 15) is 5.26 Å². The first-order valence-corrected chi connectivity index (χ1v) is 13.0. The highest BCUT2D eigenvalue weighted by Crippen LogP contribution is 2.40. The van der Waals surface area contributed by atoms with Crippen LogP contribution in [-0.4, -0.2) is 50.0 Å². The average Bonchev–Trinajstić information content (AvgIpc) is 3.47. The number of likely N-dealkylation sites (tertiary alicyclic amines) is 1. The van der Waals surface area contributed by atoms with Gasteiger partial charge in [-0.2, -0.15) is 10.4 Å². The zero-order valence-electron chi connectivity index (χ0n) is 19.2. The van der Waals surface area contributed by atoms with E-state index >= 15 is 4.39 Å². The number of anilines is 2. The lowest BCUT2D eigenvalue weighted by Crippen LogP contribution is -2.45. The molecular weight excluding hydrogens is 488 g/mol. The molecule has 3 aliphatic rings. The van der Waals surface area contributed by atoms with E-state index in [1.165, 1.54) is 0 Å². The Morgan fingerprint density at radius 1 is 1.09 bits per heavy atom. The molecule has 3 aromatic rings. The Kier molecular flexibility index (Phi) is 6.03. The Morgan fingerprint density at radius 2 is 1.91 bits per heavy atom. The van der Waals surface area contributed by atoms with E-state index in [1.54, 1.807) is 12.4 Å². The van der Waals surface area contributed by atoms with Gasteiger partial charge in [-0.25, -0.2) is 19.0 Å². The lowest BCUT2D eigenvalue weighted by molar-refractivity contribution is 0.0831. The zero-order chi connectivity index (χ0) is 24.1. The molecule has 7 nitrogen and oxygen atoms in total. The highest BCUT2D eigenvalue weighted by atomic mass is 35.5. The number of benzene rings is 1. The predicted molar refractivity (Wildman–Crippen MR) is 134 cm³/mol. The zero-order valence-corrected chi connectivity index (χ0v) is 20.7. The fourth-order valence-corrected chi connectivity index (χ4v) is 6.14. The van der Waals surface area contributed by atoms with Crippen LogP contribution in [0.3, 0.4) is 0 Å². The van der Waals surface area contributed by atoms with E-state index in [-0.39, 0.29) is 11.8 Å². The van der Waals surface area contributed by atoms with Crippen molar-refractivity contribution in [2.75, 3.05) is 18.4 Å². The molecular formula is C25H26Cl2FN7. The highest BCUT2D eigenvalue weighted by Gasteiger charge is 2.37. The number of rotatable bonds is 5. The van der Waals surface area contributed by atoms with Crippen molar-refractivity contribution in [3.8, 4) is 6.07 Å². The summed E-state index contributed by atoms with van der Waals surface area (Å²) >= 11 is 13.1. The molecule has 2 saturated carbocycles. The minimum atomic E-state index is -1.02. The van der Waals surface area contributed by atoms with Gasteiger partial charge in [-0.3, -0.25) is 4.90 Å². The molecule has 182 valence electrons. The Bertz CT molecular complexity index is 1300. The van der Waals surface area contributed by atoms with Crippen LogP contribution in [-0.2, 0) is 0 Å². The summed E-state index contributed by atoms with van der Waals surface area (Å²) in [5.41, 5.74) is 2.15. The SMILES string of the molecule is N#CC1CCC(N2CCC(c3cc4nc(Nc5cnn(C6CC6)c5Cl)ncc4cc3Cl)C(F)C2)C1. The average molecular weight is 514 g/mol. The van der Waals surface area contributed by atoms with Gasteiger partial charge in [0.1, 0.15) is 6.17 Å². The molecule has 0 spiro atoms. The van der Waals surface area contributed by atoms with Crippen molar-refractivity contribution in [3.63, 3.8) is 0 Å². The third kappa shape index (κ3) is 4.46. The normalized spacial score (nSPS) is 27.3. The van der Waals surface area contributed by atoms with E-state index < -0.39 is 6.17 Å². The van der Waals surface area contributed by atoms with E-state index in [0.29, 0.717) is 52.4 Å². The third-order valence-corrected chi connectivity index (χ3v) is 8.35. The molecule has 4 atom stereocenters. The van der Waals surface area contributed by atoms with Gasteiger partial charge in [0.25, 0.3) is 0 Å². The third-order valence-electron chi connectivity index (χ3n) is 7.65. The van der Waals surface area contributed by atoms with E-state index in [4.69, 9.17) is 23.2 Å². The number of nitriles is 1. The van der Waals surface area contributed by atoms with Crippen LogP contribution in [0.15, 0.2) is 24.5 Å². The molecule has 1 aliphatic heterocycles. The lowest BCUT2D eigenvalue weighted by atomic mass is 9.86. The van der Waals surface area contributed by atoms with Crippen molar-refractivity contribution in [1.29, 1.82) is 5.26 Å². The van der Waals surface area contributed by atoms with Gasteiger partial charge in [0.15, 0.2) is 5.15 Å². The molecule has 10 heteroatoms. The second-order valence-electron chi connectivity index (χ2n) is 9.97. The van der Waals surface area contributed by atoms with Crippen molar-refractivity contribution in [1.82, 2.24) is 24.6 Å². The molecule has 4 unspecified atom stereocenters. The van der Waals surface area contributed by atoms with Crippen LogP contribution in [0.25, 0.3) is 10.9 Å². The quantitative estimate of drug-likeness (QED) is 0.448. The van der Waals surface area contributed by atoms with Crippen LogP contribution < -0.4 is 5.32 Å². The maximum Gasteiger partial charge on any atom is 0.227 e. The van der Waals surface area contributed by atoms with E-state index in [1.807, 2.05) is 16.8 Å². The van der Waals surface area contributed by atoms with Gasteiger partial charge in [-0.05, 0) is 62.8 Å². The predicted octanol–water partition coefficient (Wildman–Crippen LogP) is 6.03. The van der Waals surface area contributed by atoms with Gasteiger partial charge in [0.2, 0.25) is 5.95 Å². The standard InChI is InChI=1S/C25H26Cl2FN7/c26-20-8-15-11-30-25(33-23-12-31-35(24(23)27)16-3-4-16)32-22(15)9-19(20)18-5-6-34(13-21(18)28)17-2-1-14(7-17)10-29/h8-9,11-12,14,16-18,21H,1-7,13H2,(H,30,32,33). The van der Waals surface area contributed by atoms with Crippen molar-refractivity contribution < 1.29 is 4.39 Å². The number of hydrogen-bond donors (Lipinski definition) is 1. The molecule has 1 N–H and O–H groups in total. The van der Waals surface area contributed by atoms with Gasteiger partial charge in [-0.15, -0.1) is 0 Å². The minimum absolute atomic E-state index is 0.103. The van der Waals surface area contributed by atoms with Crippen LogP contribution in [0.2, 0.25) is 10.2 Å². The Morgan fingerprint density at radius 3 is 2.66 bits per heavy atom. The second-order valence-corrected chi connectivity index (χ2v) is 10.7. The number of piperidine rings is 1. The van der Waals surface area contributed by atoms with Crippen molar-refractivity contribution >= 4 is 45.7 Å². The van der Waals surface area contributed by atoms with Crippen LogP contribution in [0.4, 0.5) is 16.0 Å². The fraction of sp³-hybridized carbons (Fsp3) is 0.520. The number of nitrogens with zero attached hydrogens (tertiary/aromatic N) is 6.